The minimum absolute atomic E-state index is 0.0584. The highest BCUT2D eigenvalue weighted by molar-refractivity contribution is 7.10. The molecule has 2 aromatic heterocycles. The van der Waals surface area contributed by atoms with E-state index in [1.54, 1.807) is 18.4 Å². The summed E-state index contributed by atoms with van der Waals surface area (Å²) in [7, 11) is 3.74. The summed E-state index contributed by atoms with van der Waals surface area (Å²) >= 11 is 1.80. The van der Waals surface area contributed by atoms with Crippen LogP contribution in [-0.2, 0) is 29.2 Å². The summed E-state index contributed by atoms with van der Waals surface area (Å²) in [4.78, 5) is 18.0. The molecule has 2 aliphatic rings. The van der Waals surface area contributed by atoms with Crippen molar-refractivity contribution >= 4 is 28.1 Å². The Hall–Kier alpha value is -2.97. The van der Waals surface area contributed by atoms with Crippen molar-refractivity contribution in [3.63, 3.8) is 0 Å². The number of methoxy groups -OCH3 is 1. The second-order valence-electron chi connectivity index (χ2n) is 11.6. The largest absolute Gasteiger partial charge is 0.385 e. The molecule has 0 radical (unpaired) electrons. The fourth-order valence-corrected chi connectivity index (χ4v) is 7.35. The fourth-order valence-electron chi connectivity index (χ4n) is 6.45. The van der Waals surface area contributed by atoms with Gasteiger partial charge in [-0.3, -0.25) is 4.79 Å². The number of ether oxygens (including phenoxy) is 1. The number of carbonyl (C=O) groups excluding carboxylic acids is 1. The monoisotopic (exact) mass is 570 g/mol. The number of aromatic nitrogens is 1. The van der Waals surface area contributed by atoms with E-state index < -0.39 is 0 Å². The Kier molecular flexibility index (Phi) is 8.87. The molecular weight excluding hydrogens is 528 g/mol. The summed E-state index contributed by atoms with van der Waals surface area (Å²) in [5.74, 6) is 0.464. The third-order valence-corrected chi connectivity index (χ3v) is 9.62. The molecule has 1 saturated carbocycles. The summed E-state index contributed by atoms with van der Waals surface area (Å²) in [6, 6.07) is 20.2. The van der Waals surface area contributed by atoms with E-state index in [1.165, 1.54) is 38.0 Å². The first-order chi connectivity index (χ1) is 20.2. The lowest BCUT2D eigenvalue weighted by atomic mass is 9.79. The van der Waals surface area contributed by atoms with Crippen molar-refractivity contribution in [2.24, 2.45) is 5.92 Å². The van der Waals surface area contributed by atoms with Crippen LogP contribution in [0.4, 0.5) is 0 Å². The van der Waals surface area contributed by atoms with Gasteiger partial charge in [-0.1, -0.05) is 42.5 Å². The predicted molar refractivity (Wildman–Crippen MR) is 168 cm³/mol. The van der Waals surface area contributed by atoms with Gasteiger partial charge in [-0.25, -0.2) is 0 Å². The first-order valence-corrected chi connectivity index (χ1v) is 15.9. The molecule has 2 atom stereocenters. The number of hydrogen-bond acceptors (Lipinski definition) is 5. The Morgan fingerprint density at radius 1 is 1.12 bits per heavy atom. The molecule has 2 aromatic carbocycles. The van der Waals surface area contributed by atoms with Crippen LogP contribution in [0, 0.1) is 5.92 Å². The molecule has 0 unspecified atom stereocenters. The van der Waals surface area contributed by atoms with Crippen molar-refractivity contribution in [3.05, 3.63) is 82.2 Å². The van der Waals surface area contributed by atoms with E-state index in [0.717, 1.165) is 58.5 Å². The Bertz CT molecular complexity index is 1470. The molecule has 6 rings (SSSR count). The molecule has 7 heteroatoms. The molecule has 0 spiro atoms. The zero-order valence-electron chi connectivity index (χ0n) is 24.3. The van der Waals surface area contributed by atoms with Crippen LogP contribution in [0.15, 0.2) is 66.2 Å². The van der Waals surface area contributed by atoms with Crippen molar-refractivity contribution in [1.82, 2.24) is 20.1 Å². The van der Waals surface area contributed by atoms with Crippen LogP contribution in [0.1, 0.15) is 47.6 Å². The zero-order valence-corrected chi connectivity index (χ0v) is 25.1. The number of benzene rings is 2. The third-order valence-electron chi connectivity index (χ3n) is 8.68. The summed E-state index contributed by atoms with van der Waals surface area (Å²) in [6.07, 6.45) is 6.42. The topological polar surface area (TPSA) is 58.5 Å². The third kappa shape index (κ3) is 6.28. The van der Waals surface area contributed by atoms with Crippen molar-refractivity contribution in [1.29, 1.82) is 0 Å². The number of rotatable bonds is 12. The number of carbonyl (C=O) groups is 1. The summed E-state index contributed by atoms with van der Waals surface area (Å²) < 4.78 is 7.64. The predicted octanol–water partition coefficient (Wildman–Crippen LogP) is 6.01. The lowest BCUT2D eigenvalue weighted by Crippen LogP contribution is -2.47. The number of thiophene rings is 1. The summed E-state index contributed by atoms with van der Waals surface area (Å²) in [5.41, 5.74) is 6.28. The maximum absolute atomic E-state index is 14.4. The van der Waals surface area contributed by atoms with Gasteiger partial charge in [0, 0.05) is 67.9 Å². The maximum atomic E-state index is 14.4. The van der Waals surface area contributed by atoms with Gasteiger partial charge in [-0.05, 0) is 85.0 Å². The average molecular weight is 571 g/mol. The van der Waals surface area contributed by atoms with E-state index in [1.807, 2.05) is 7.05 Å². The van der Waals surface area contributed by atoms with Gasteiger partial charge in [0.1, 0.15) is 0 Å². The van der Waals surface area contributed by atoms with Crippen LogP contribution in [0.25, 0.3) is 22.0 Å². The van der Waals surface area contributed by atoms with Gasteiger partial charge in [0.15, 0.2) is 0 Å². The Morgan fingerprint density at radius 3 is 2.83 bits per heavy atom. The zero-order chi connectivity index (χ0) is 28.2. The van der Waals surface area contributed by atoms with Gasteiger partial charge in [-0.15, -0.1) is 11.3 Å². The highest BCUT2D eigenvalue weighted by Crippen LogP contribution is 2.38. The number of hydrogen-bond donors (Lipinski definition) is 2. The Labute approximate surface area is 247 Å². The normalized spacial score (nSPS) is 19.1. The minimum atomic E-state index is -0.0584. The van der Waals surface area contributed by atoms with Crippen LogP contribution < -0.4 is 10.6 Å². The molecule has 3 heterocycles. The smallest absolute Gasteiger partial charge is 0.228 e. The number of piperidine rings is 1. The number of fused-ring (bicyclic) bond motifs is 1. The van der Waals surface area contributed by atoms with Crippen molar-refractivity contribution in [3.8, 4) is 11.1 Å². The lowest BCUT2D eigenvalue weighted by Gasteiger charge is -2.36. The van der Waals surface area contributed by atoms with Gasteiger partial charge in [0.2, 0.25) is 5.91 Å². The molecule has 1 aliphatic carbocycles. The van der Waals surface area contributed by atoms with Crippen LogP contribution in [0.5, 0.6) is 0 Å². The standard InChI is InChI=1S/C34H42N4O2S/c1-35-19-29-18-26(23-41-29)24-7-5-8-25(17-24)30-13-14-36-20-32(30)34(39)38(28-11-12-28)22-27-21-37(15-6-16-40-2)33-10-4-3-9-31(27)33/h3-5,7-10,17-18,21,23,28,30,32,35-36H,6,11-16,19-20,22H2,1-2H3/t30-,32+/m1/s1. The van der Waals surface area contributed by atoms with Gasteiger partial charge >= 0.3 is 0 Å². The van der Waals surface area contributed by atoms with Crippen molar-refractivity contribution in [2.45, 2.75) is 57.3 Å². The molecule has 2 N–H and O–H groups in total. The quantitative estimate of drug-likeness (QED) is 0.205. The number of nitrogens with one attached hydrogen (secondary N) is 2. The number of amides is 1. The molecule has 0 bridgehead atoms. The van der Waals surface area contributed by atoms with Gasteiger partial charge in [0.05, 0.1) is 5.92 Å². The Balaban J connectivity index is 1.25. The molecule has 2 fully saturated rings. The van der Waals surface area contributed by atoms with Crippen LogP contribution in [-0.4, -0.2) is 55.3 Å². The number of aryl methyl sites for hydroxylation is 1. The highest BCUT2D eigenvalue weighted by Gasteiger charge is 2.40. The summed E-state index contributed by atoms with van der Waals surface area (Å²) in [5, 5.41) is 10.3. The molecular formula is C34H42N4O2S. The first-order valence-electron chi connectivity index (χ1n) is 15.1. The molecule has 6 nitrogen and oxygen atoms in total. The van der Waals surface area contributed by atoms with Gasteiger partial charge in [0.25, 0.3) is 0 Å². The SMILES string of the molecule is CNCc1cc(-c2cccc([C@H]3CCNC[C@@H]3C(=O)N(Cc3cn(CCCOC)c4ccccc34)C3CC3)c2)cs1. The second kappa shape index (κ2) is 12.9. The fraction of sp³-hybridized carbons (Fsp3) is 0.441. The van der Waals surface area contributed by atoms with E-state index in [0.29, 0.717) is 18.5 Å². The van der Waals surface area contributed by atoms with E-state index in [-0.39, 0.29) is 11.8 Å². The molecule has 1 aliphatic heterocycles. The number of para-hydroxylation sites is 1. The molecule has 41 heavy (non-hydrogen) atoms. The van der Waals surface area contributed by atoms with E-state index in [4.69, 9.17) is 4.74 Å². The number of nitrogens with zero attached hydrogens (tertiary/aromatic N) is 2. The van der Waals surface area contributed by atoms with Gasteiger partial charge in [-0.2, -0.15) is 0 Å². The van der Waals surface area contributed by atoms with E-state index >= 15 is 0 Å². The van der Waals surface area contributed by atoms with Gasteiger partial charge < -0.3 is 24.8 Å². The molecule has 4 aromatic rings. The van der Waals surface area contributed by atoms with Crippen molar-refractivity contribution < 1.29 is 9.53 Å². The molecule has 1 amide bonds. The molecule has 1 saturated heterocycles. The Morgan fingerprint density at radius 2 is 2.00 bits per heavy atom. The minimum Gasteiger partial charge on any atom is -0.385 e. The van der Waals surface area contributed by atoms with Crippen LogP contribution in [0.2, 0.25) is 0 Å². The lowest BCUT2D eigenvalue weighted by molar-refractivity contribution is -0.138. The average Bonchev–Trinajstić information content (AvgIpc) is 3.65. The van der Waals surface area contributed by atoms with E-state index in [2.05, 4.69) is 86.3 Å². The summed E-state index contributed by atoms with van der Waals surface area (Å²) in [6.45, 7) is 4.90. The second-order valence-corrected chi connectivity index (χ2v) is 12.6. The highest BCUT2D eigenvalue weighted by atomic mass is 32.1. The van der Waals surface area contributed by atoms with Crippen molar-refractivity contribution in [2.75, 3.05) is 33.9 Å². The van der Waals surface area contributed by atoms with Crippen LogP contribution >= 0.6 is 11.3 Å². The first kappa shape index (κ1) is 28.2. The molecule has 216 valence electrons. The van der Waals surface area contributed by atoms with E-state index in [9.17, 15) is 4.79 Å². The maximum Gasteiger partial charge on any atom is 0.228 e. The van der Waals surface area contributed by atoms with Crippen LogP contribution in [0.3, 0.4) is 0 Å².